The number of benzene rings is 2. The summed E-state index contributed by atoms with van der Waals surface area (Å²) in [6.07, 6.45) is 1.08. The van der Waals surface area contributed by atoms with Crippen molar-refractivity contribution >= 4 is 23.0 Å². The molecule has 0 radical (unpaired) electrons. The first kappa shape index (κ1) is 16.5. The Morgan fingerprint density at radius 1 is 1.25 bits per heavy atom. The van der Waals surface area contributed by atoms with E-state index in [4.69, 9.17) is 5.26 Å². The van der Waals surface area contributed by atoms with E-state index in [2.05, 4.69) is 10.6 Å². The highest BCUT2D eigenvalue weighted by molar-refractivity contribution is 6.06. The molecule has 0 saturated heterocycles. The lowest BCUT2D eigenvalue weighted by molar-refractivity contribution is -0.383. The molecule has 0 fully saturated rings. The maximum Gasteiger partial charge on any atom is 0.292 e. The van der Waals surface area contributed by atoms with Crippen molar-refractivity contribution in [1.82, 2.24) is 0 Å². The van der Waals surface area contributed by atoms with Gasteiger partial charge < -0.3 is 15.7 Å². The van der Waals surface area contributed by atoms with Crippen molar-refractivity contribution in [3.63, 3.8) is 0 Å². The minimum atomic E-state index is -0.714. The quantitative estimate of drug-likeness (QED) is 0.336. The van der Waals surface area contributed by atoms with Gasteiger partial charge in [-0.2, -0.15) is 5.26 Å². The SMILES string of the molecule is N#C/C(=C/Nc1ccccc1[N+](=O)[O-])C(=O)Nc1cccc(O)c1. The van der Waals surface area contributed by atoms with Gasteiger partial charge in [-0.1, -0.05) is 18.2 Å². The van der Waals surface area contributed by atoms with Crippen molar-refractivity contribution in [3.05, 3.63) is 70.4 Å². The average molecular weight is 324 g/mol. The summed E-state index contributed by atoms with van der Waals surface area (Å²) in [6.45, 7) is 0. The Hall–Kier alpha value is -3.86. The monoisotopic (exact) mass is 324 g/mol. The number of rotatable bonds is 5. The van der Waals surface area contributed by atoms with Crippen LogP contribution in [0.15, 0.2) is 60.3 Å². The average Bonchev–Trinajstić information content (AvgIpc) is 2.55. The first-order valence-corrected chi connectivity index (χ1v) is 6.72. The molecule has 0 saturated carbocycles. The Balaban J connectivity index is 2.16. The number of nitro benzene ring substituents is 1. The number of para-hydroxylation sites is 2. The smallest absolute Gasteiger partial charge is 0.292 e. The summed E-state index contributed by atoms with van der Waals surface area (Å²) < 4.78 is 0. The molecule has 0 aliphatic heterocycles. The van der Waals surface area contributed by atoms with Gasteiger partial charge in [0, 0.05) is 24.0 Å². The third-order valence-corrected chi connectivity index (χ3v) is 2.94. The molecule has 2 aromatic carbocycles. The summed E-state index contributed by atoms with van der Waals surface area (Å²) in [5, 5.41) is 34.4. The molecule has 2 aromatic rings. The molecular formula is C16H12N4O4. The van der Waals surface area contributed by atoms with E-state index in [9.17, 15) is 20.0 Å². The third-order valence-electron chi connectivity index (χ3n) is 2.94. The van der Waals surface area contributed by atoms with E-state index in [1.807, 2.05) is 0 Å². The maximum atomic E-state index is 12.0. The molecule has 0 aliphatic carbocycles. The highest BCUT2D eigenvalue weighted by Gasteiger charge is 2.13. The maximum absolute atomic E-state index is 12.0. The molecule has 2 rings (SSSR count). The van der Waals surface area contributed by atoms with Gasteiger partial charge in [0.15, 0.2) is 0 Å². The number of anilines is 2. The predicted octanol–water partition coefficient (Wildman–Crippen LogP) is 2.76. The van der Waals surface area contributed by atoms with E-state index in [1.54, 1.807) is 18.2 Å². The number of carbonyl (C=O) groups is 1. The van der Waals surface area contributed by atoms with Gasteiger partial charge in [-0.15, -0.1) is 0 Å². The molecule has 0 bridgehead atoms. The molecule has 0 spiro atoms. The summed E-state index contributed by atoms with van der Waals surface area (Å²) in [6, 6.07) is 13.4. The number of carbonyl (C=O) groups excluding carboxylic acids is 1. The van der Waals surface area contributed by atoms with Crippen LogP contribution in [0.1, 0.15) is 0 Å². The second-order valence-electron chi connectivity index (χ2n) is 4.59. The fourth-order valence-electron chi connectivity index (χ4n) is 1.84. The van der Waals surface area contributed by atoms with Crippen molar-refractivity contribution in [3.8, 4) is 11.8 Å². The summed E-state index contributed by atoms with van der Waals surface area (Å²) >= 11 is 0. The minimum absolute atomic E-state index is 0.0340. The zero-order valence-electron chi connectivity index (χ0n) is 12.3. The van der Waals surface area contributed by atoms with Crippen LogP contribution in [0.3, 0.4) is 0 Å². The van der Waals surface area contributed by atoms with Crippen LogP contribution >= 0.6 is 0 Å². The lowest BCUT2D eigenvalue weighted by atomic mass is 10.2. The van der Waals surface area contributed by atoms with Gasteiger partial charge in [-0.05, 0) is 18.2 Å². The molecule has 0 atom stereocenters. The van der Waals surface area contributed by atoms with Gasteiger partial charge in [0.25, 0.3) is 11.6 Å². The van der Waals surface area contributed by atoms with Crippen molar-refractivity contribution in [1.29, 1.82) is 5.26 Å². The van der Waals surface area contributed by atoms with Gasteiger partial charge >= 0.3 is 0 Å². The number of nitro groups is 1. The van der Waals surface area contributed by atoms with E-state index < -0.39 is 10.8 Å². The lowest BCUT2D eigenvalue weighted by Gasteiger charge is -2.06. The number of phenols is 1. The van der Waals surface area contributed by atoms with E-state index in [0.29, 0.717) is 5.69 Å². The van der Waals surface area contributed by atoms with E-state index in [1.165, 1.54) is 36.4 Å². The summed E-state index contributed by atoms with van der Waals surface area (Å²) in [5.74, 6) is -0.748. The molecule has 0 aromatic heterocycles. The number of hydrogen-bond acceptors (Lipinski definition) is 6. The minimum Gasteiger partial charge on any atom is -0.508 e. The molecule has 1 amide bonds. The zero-order valence-corrected chi connectivity index (χ0v) is 12.3. The van der Waals surface area contributed by atoms with E-state index in [-0.39, 0.29) is 22.7 Å². The third kappa shape index (κ3) is 4.08. The van der Waals surface area contributed by atoms with Crippen molar-refractivity contribution < 1.29 is 14.8 Å². The largest absolute Gasteiger partial charge is 0.508 e. The second-order valence-corrected chi connectivity index (χ2v) is 4.59. The van der Waals surface area contributed by atoms with Crippen LogP contribution in [0.2, 0.25) is 0 Å². The van der Waals surface area contributed by atoms with Gasteiger partial charge in [0.2, 0.25) is 0 Å². The molecule has 8 heteroatoms. The standard InChI is InChI=1S/C16H12N4O4/c17-9-11(16(22)19-12-4-3-5-13(21)8-12)10-18-14-6-1-2-7-15(14)20(23)24/h1-8,10,18,21H,(H,19,22)/b11-10-. The summed E-state index contributed by atoms with van der Waals surface area (Å²) in [4.78, 5) is 22.4. The zero-order chi connectivity index (χ0) is 17.5. The first-order chi connectivity index (χ1) is 11.5. The molecule has 24 heavy (non-hydrogen) atoms. The van der Waals surface area contributed by atoms with Crippen LogP contribution in [0.5, 0.6) is 5.75 Å². The van der Waals surface area contributed by atoms with Crippen LogP contribution in [0.4, 0.5) is 17.1 Å². The fraction of sp³-hybridized carbons (Fsp3) is 0. The highest BCUT2D eigenvalue weighted by Crippen LogP contribution is 2.23. The Morgan fingerprint density at radius 2 is 2.00 bits per heavy atom. The van der Waals surface area contributed by atoms with Crippen LogP contribution in [-0.4, -0.2) is 15.9 Å². The normalized spacial score (nSPS) is 10.5. The fourth-order valence-corrected chi connectivity index (χ4v) is 1.84. The van der Waals surface area contributed by atoms with Crippen LogP contribution in [-0.2, 0) is 4.79 Å². The van der Waals surface area contributed by atoms with Gasteiger partial charge in [0.1, 0.15) is 23.1 Å². The Labute approximate surface area is 136 Å². The molecule has 120 valence electrons. The van der Waals surface area contributed by atoms with Gasteiger partial charge in [0.05, 0.1) is 4.92 Å². The molecule has 3 N–H and O–H groups in total. The van der Waals surface area contributed by atoms with Crippen LogP contribution in [0.25, 0.3) is 0 Å². The first-order valence-electron chi connectivity index (χ1n) is 6.72. The van der Waals surface area contributed by atoms with Crippen LogP contribution < -0.4 is 10.6 Å². The number of aromatic hydroxyl groups is 1. The highest BCUT2D eigenvalue weighted by atomic mass is 16.6. The molecular weight excluding hydrogens is 312 g/mol. The van der Waals surface area contributed by atoms with Crippen molar-refractivity contribution in [2.45, 2.75) is 0 Å². The Morgan fingerprint density at radius 3 is 2.67 bits per heavy atom. The number of nitrogens with one attached hydrogen (secondary N) is 2. The summed E-state index contributed by atoms with van der Waals surface area (Å²) in [7, 11) is 0. The number of hydrogen-bond donors (Lipinski definition) is 3. The number of nitriles is 1. The van der Waals surface area contributed by atoms with Gasteiger partial charge in [-0.25, -0.2) is 0 Å². The lowest BCUT2D eigenvalue weighted by Crippen LogP contribution is -2.14. The molecule has 0 aliphatic rings. The molecule has 0 heterocycles. The van der Waals surface area contributed by atoms with Crippen molar-refractivity contribution in [2.24, 2.45) is 0 Å². The molecule has 8 nitrogen and oxygen atoms in total. The second kappa shape index (κ2) is 7.42. The predicted molar refractivity (Wildman–Crippen MR) is 87.2 cm³/mol. The van der Waals surface area contributed by atoms with E-state index >= 15 is 0 Å². The number of amides is 1. The Kier molecular flexibility index (Phi) is 5.10. The topological polar surface area (TPSA) is 128 Å². The number of nitrogens with zero attached hydrogens (tertiary/aromatic N) is 2. The summed E-state index contributed by atoms with van der Waals surface area (Å²) in [5.41, 5.74) is 0.00294. The Bertz CT molecular complexity index is 855. The van der Waals surface area contributed by atoms with E-state index in [0.717, 1.165) is 6.20 Å². The van der Waals surface area contributed by atoms with Crippen molar-refractivity contribution in [2.75, 3.05) is 10.6 Å². The molecule has 0 unspecified atom stereocenters. The number of phenolic OH excluding ortho intramolecular Hbond substituents is 1. The van der Waals surface area contributed by atoms with Gasteiger partial charge in [-0.3, -0.25) is 14.9 Å². The van der Waals surface area contributed by atoms with Crippen LogP contribution in [0, 0.1) is 21.4 Å².